The van der Waals surface area contributed by atoms with Crippen molar-refractivity contribution in [1.29, 1.82) is 0 Å². The van der Waals surface area contributed by atoms with Gasteiger partial charge in [-0.15, -0.1) is 0 Å². The maximum absolute atomic E-state index is 4.21. The van der Waals surface area contributed by atoms with Crippen molar-refractivity contribution in [3.63, 3.8) is 0 Å². The first-order chi connectivity index (χ1) is 8.05. The van der Waals surface area contributed by atoms with Crippen molar-refractivity contribution < 1.29 is 0 Å². The summed E-state index contributed by atoms with van der Waals surface area (Å²) in [5.74, 6) is 1.74. The van der Waals surface area contributed by atoms with Crippen LogP contribution >= 0.6 is 15.9 Å². The van der Waals surface area contributed by atoms with Crippen molar-refractivity contribution in [2.75, 3.05) is 0 Å². The highest BCUT2D eigenvalue weighted by molar-refractivity contribution is 9.10. The molecule has 0 aromatic carbocycles. The van der Waals surface area contributed by atoms with E-state index in [-0.39, 0.29) is 0 Å². The molecule has 1 saturated carbocycles. The average Bonchev–Trinajstić information content (AvgIpc) is 2.80. The fraction of sp³-hybridized carbons (Fsp3) is 1.00. The Hall–Kier alpha value is 0.480. The van der Waals surface area contributed by atoms with Gasteiger partial charge in [0.1, 0.15) is 0 Å². The summed E-state index contributed by atoms with van der Waals surface area (Å²) >= 11 is 4.21. The van der Waals surface area contributed by atoms with Crippen LogP contribution in [-0.4, -0.2) is 4.32 Å². The van der Waals surface area contributed by atoms with Crippen LogP contribution in [0.3, 0.4) is 0 Å². The van der Waals surface area contributed by atoms with Gasteiger partial charge in [0.15, 0.2) is 0 Å². The Morgan fingerprint density at radius 3 is 1.88 bits per heavy atom. The van der Waals surface area contributed by atoms with E-state index in [1.165, 1.54) is 44.9 Å². The molecule has 102 valence electrons. The van der Waals surface area contributed by atoms with Gasteiger partial charge in [0.25, 0.3) is 0 Å². The molecule has 0 heterocycles. The normalized spacial score (nSPS) is 32.5. The Morgan fingerprint density at radius 2 is 1.53 bits per heavy atom. The smallest absolute Gasteiger partial charge is 0.0376 e. The monoisotopic (exact) mass is 302 g/mol. The van der Waals surface area contributed by atoms with Gasteiger partial charge < -0.3 is 0 Å². The molecule has 0 bridgehead atoms. The zero-order valence-corrected chi connectivity index (χ0v) is 14.1. The van der Waals surface area contributed by atoms with Crippen LogP contribution in [0.1, 0.15) is 79.6 Å². The van der Waals surface area contributed by atoms with Crippen LogP contribution in [0.5, 0.6) is 0 Å². The molecule has 0 aromatic heterocycles. The van der Waals surface area contributed by atoms with E-state index in [9.17, 15) is 0 Å². The summed E-state index contributed by atoms with van der Waals surface area (Å²) in [6.07, 6.45) is 9.57. The van der Waals surface area contributed by atoms with Crippen LogP contribution in [0.15, 0.2) is 0 Å². The second kappa shape index (κ2) is 6.08. The number of alkyl halides is 1. The Kier molecular flexibility index (Phi) is 5.56. The lowest BCUT2D eigenvalue weighted by atomic mass is 9.86. The lowest BCUT2D eigenvalue weighted by molar-refractivity contribution is 0.335. The lowest BCUT2D eigenvalue weighted by Gasteiger charge is -2.25. The highest BCUT2D eigenvalue weighted by Crippen LogP contribution is 2.76. The van der Waals surface area contributed by atoms with E-state index in [1.54, 1.807) is 0 Å². The van der Waals surface area contributed by atoms with Crippen molar-refractivity contribution in [3.8, 4) is 0 Å². The summed E-state index contributed by atoms with van der Waals surface area (Å²) in [6, 6.07) is 0. The number of hydrogen-bond acceptors (Lipinski definition) is 0. The van der Waals surface area contributed by atoms with E-state index < -0.39 is 0 Å². The molecule has 3 unspecified atom stereocenters. The van der Waals surface area contributed by atoms with E-state index in [1.807, 2.05) is 0 Å². The van der Waals surface area contributed by atoms with Gasteiger partial charge in [0, 0.05) is 4.32 Å². The predicted octanol–water partition coefficient (Wildman–Crippen LogP) is 6.18. The van der Waals surface area contributed by atoms with Crippen molar-refractivity contribution in [3.05, 3.63) is 0 Å². The first kappa shape index (κ1) is 15.5. The highest BCUT2D eigenvalue weighted by atomic mass is 79.9. The summed E-state index contributed by atoms with van der Waals surface area (Å²) in [6.45, 7) is 11.8. The van der Waals surface area contributed by atoms with Gasteiger partial charge in [-0.25, -0.2) is 0 Å². The maximum Gasteiger partial charge on any atom is 0.0376 e. The van der Waals surface area contributed by atoms with Crippen LogP contribution in [0.25, 0.3) is 0 Å². The SMILES string of the molecule is CCCC1C(CCC)(CCC)C1(Br)C(C)CC. The minimum Gasteiger partial charge on any atom is -0.0841 e. The Labute approximate surface area is 117 Å². The van der Waals surface area contributed by atoms with Crippen LogP contribution in [0, 0.1) is 17.3 Å². The molecule has 0 saturated heterocycles. The molecular weight excluding hydrogens is 272 g/mol. The fourth-order valence-electron chi connectivity index (χ4n) is 4.32. The minimum absolute atomic E-state index is 0.455. The largest absolute Gasteiger partial charge is 0.0841 e. The van der Waals surface area contributed by atoms with E-state index in [4.69, 9.17) is 0 Å². The topological polar surface area (TPSA) is 0 Å². The number of hydrogen-bond donors (Lipinski definition) is 0. The number of rotatable bonds is 8. The summed E-state index contributed by atoms with van der Waals surface area (Å²) in [5, 5.41) is 0. The molecule has 0 radical (unpaired) electrons. The van der Waals surface area contributed by atoms with Crippen LogP contribution in [0.4, 0.5) is 0 Å². The summed E-state index contributed by atoms with van der Waals surface area (Å²) in [7, 11) is 0. The molecule has 1 heteroatoms. The minimum atomic E-state index is 0.455. The van der Waals surface area contributed by atoms with E-state index in [0.717, 1.165) is 11.8 Å². The lowest BCUT2D eigenvalue weighted by Crippen LogP contribution is -2.21. The molecule has 0 nitrogen and oxygen atoms in total. The highest BCUT2D eigenvalue weighted by Gasteiger charge is 2.73. The predicted molar refractivity (Wildman–Crippen MR) is 81.8 cm³/mol. The Balaban J connectivity index is 2.92. The van der Waals surface area contributed by atoms with Gasteiger partial charge in [-0.2, -0.15) is 0 Å². The first-order valence-electron chi connectivity index (χ1n) is 7.73. The molecule has 0 N–H and O–H groups in total. The second-order valence-electron chi connectivity index (χ2n) is 6.07. The molecule has 1 rings (SSSR count). The van der Waals surface area contributed by atoms with Crippen LogP contribution < -0.4 is 0 Å². The molecule has 3 atom stereocenters. The molecule has 17 heavy (non-hydrogen) atoms. The van der Waals surface area contributed by atoms with Crippen molar-refractivity contribution >= 4 is 15.9 Å². The van der Waals surface area contributed by atoms with Crippen LogP contribution in [-0.2, 0) is 0 Å². The summed E-state index contributed by atoms with van der Waals surface area (Å²) in [4.78, 5) is 0. The third-order valence-electron chi connectivity index (χ3n) is 5.15. The van der Waals surface area contributed by atoms with Gasteiger partial charge in [-0.1, -0.05) is 76.2 Å². The van der Waals surface area contributed by atoms with Crippen molar-refractivity contribution in [2.24, 2.45) is 17.3 Å². The molecule has 0 amide bonds. The van der Waals surface area contributed by atoms with Crippen molar-refractivity contribution in [1.82, 2.24) is 0 Å². The van der Waals surface area contributed by atoms with Crippen molar-refractivity contribution in [2.45, 2.75) is 83.9 Å². The van der Waals surface area contributed by atoms with E-state index in [2.05, 4.69) is 50.5 Å². The van der Waals surface area contributed by atoms with Crippen LogP contribution in [0.2, 0.25) is 0 Å². The quantitative estimate of drug-likeness (QED) is 0.469. The first-order valence-corrected chi connectivity index (χ1v) is 8.53. The van der Waals surface area contributed by atoms with E-state index >= 15 is 0 Å². The fourth-order valence-corrected chi connectivity index (χ4v) is 5.87. The Morgan fingerprint density at radius 1 is 1.00 bits per heavy atom. The maximum atomic E-state index is 4.21. The zero-order valence-electron chi connectivity index (χ0n) is 12.5. The molecule has 1 fully saturated rings. The van der Waals surface area contributed by atoms with Gasteiger partial charge in [-0.05, 0) is 36.5 Å². The van der Waals surface area contributed by atoms with Gasteiger partial charge in [0.2, 0.25) is 0 Å². The molecule has 1 aliphatic rings. The third-order valence-corrected chi connectivity index (χ3v) is 7.28. The molecule has 0 aromatic rings. The molecule has 0 spiro atoms. The number of halogens is 1. The Bertz CT molecular complexity index is 230. The summed E-state index contributed by atoms with van der Waals surface area (Å²) in [5.41, 5.74) is 0.613. The molecular formula is C16H31Br. The zero-order chi connectivity index (χ0) is 13.1. The molecule has 1 aliphatic carbocycles. The standard InChI is InChI=1S/C16H31Br/c1-6-10-14-15(11-7-2,12-8-3)16(14,17)13(5)9-4/h13-14H,6-12H2,1-5H3. The summed E-state index contributed by atoms with van der Waals surface area (Å²) < 4.78 is 0.455. The third kappa shape index (κ3) is 2.33. The van der Waals surface area contributed by atoms with Gasteiger partial charge in [-0.3, -0.25) is 0 Å². The average molecular weight is 303 g/mol. The molecule has 0 aliphatic heterocycles. The van der Waals surface area contributed by atoms with Gasteiger partial charge >= 0.3 is 0 Å². The van der Waals surface area contributed by atoms with Gasteiger partial charge in [0.05, 0.1) is 0 Å². The second-order valence-corrected chi connectivity index (χ2v) is 7.39. The van der Waals surface area contributed by atoms with E-state index in [0.29, 0.717) is 9.74 Å².